The second-order valence-corrected chi connectivity index (χ2v) is 3.80. The third-order valence-corrected chi connectivity index (χ3v) is 2.53. The summed E-state index contributed by atoms with van der Waals surface area (Å²) in [5.41, 5.74) is 0.101. The minimum atomic E-state index is 0.101. The van der Waals surface area contributed by atoms with E-state index in [0.717, 1.165) is 25.8 Å². The molecular formula is C9H17NO. The molecule has 0 atom stereocenters. The molecule has 1 aliphatic heterocycles. The number of rotatable bonds is 1. The van der Waals surface area contributed by atoms with Crippen LogP contribution in [0.1, 0.15) is 40.0 Å². The quantitative estimate of drug-likeness (QED) is 0.565. The van der Waals surface area contributed by atoms with Crippen molar-refractivity contribution < 1.29 is 4.79 Å². The first kappa shape index (κ1) is 8.57. The lowest BCUT2D eigenvalue weighted by Gasteiger charge is -2.41. The van der Waals surface area contributed by atoms with Gasteiger partial charge in [0.15, 0.2) is 0 Å². The van der Waals surface area contributed by atoms with E-state index in [1.165, 1.54) is 0 Å². The summed E-state index contributed by atoms with van der Waals surface area (Å²) in [6, 6.07) is 0. The number of carbonyl (C=O) groups excluding carboxylic acids is 1. The Kier molecular flexibility index (Phi) is 2.21. The van der Waals surface area contributed by atoms with Crippen LogP contribution >= 0.6 is 0 Å². The van der Waals surface area contributed by atoms with Gasteiger partial charge in [-0.2, -0.15) is 0 Å². The summed E-state index contributed by atoms with van der Waals surface area (Å²) in [7, 11) is 0. The maximum atomic E-state index is 11.4. The molecular weight excluding hydrogens is 138 g/mol. The number of amides is 1. The van der Waals surface area contributed by atoms with Crippen molar-refractivity contribution in [1.82, 2.24) is 4.90 Å². The molecule has 0 aromatic heterocycles. The number of piperidine rings is 1. The summed E-state index contributed by atoms with van der Waals surface area (Å²) in [6.45, 7) is 7.19. The maximum absolute atomic E-state index is 11.4. The van der Waals surface area contributed by atoms with Crippen LogP contribution in [0.2, 0.25) is 0 Å². The number of likely N-dealkylation sites (tertiary alicyclic amines) is 1. The smallest absolute Gasteiger partial charge is 0.222 e. The van der Waals surface area contributed by atoms with Crippen LogP contribution in [-0.4, -0.2) is 22.9 Å². The van der Waals surface area contributed by atoms with Gasteiger partial charge in [-0.25, -0.2) is 0 Å². The molecule has 2 nitrogen and oxygen atoms in total. The van der Waals surface area contributed by atoms with Gasteiger partial charge in [0, 0.05) is 18.5 Å². The van der Waals surface area contributed by atoms with Gasteiger partial charge in [0.2, 0.25) is 5.91 Å². The standard InChI is InChI=1S/C9H17NO/c1-4-10-8(11)6-5-7-9(10,2)3/h4-7H2,1-3H3. The van der Waals surface area contributed by atoms with E-state index < -0.39 is 0 Å². The van der Waals surface area contributed by atoms with E-state index in [9.17, 15) is 4.79 Å². The molecule has 0 radical (unpaired) electrons. The van der Waals surface area contributed by atoms with Gasteiger partial charge in [-0.05, 0) is 33.6 Å². The Hall–Kier alpha value is -0.530. The molecule has 0 aromatic carbocycles. The normalized spacial score (nSPS) is 23.9. The lowest BCUT2D eigenvalue weighted by atomic mass is 9.90. The molecule has 2 heteroatoms. The Labute approximate surface area is 68.6 Å². The largest absolute Gasteiger partial charge is 0.338 e. The molecule has 0 N–H and O–H groups in total. The van der Waals surface area contributed by atoms with E-state index in [0.29, 0.717) is 5.91 Å². The Morgan fingerprint density at radius 1 is 1.55 bits per heavy atom. The molecule has 1 aliphatic rings. The average molecular weight is 155 g/mol. The van der Waals surface area contributed by atoms with E-state index in [2.05, 4.69) is 13.8 Å². The second-order valence-electron chi connectivity index (χ2n) is 3.80. The predicted octanol–water partition coefficient (Wildman–Crippen LogP) is 1.80. The molecule has 64 valence electrons. The average Bonchev–Trinajstić information content (AvgIpc) is 1.86. The maximum Gasteiger partial charge on any atom is 0.222 e. The first-order chi connectivity index (χ1) is 5.08. The predicted molar refractivity (Wildman–Crippen MR) is 45.3 cm³/mol. The molecule has 1 heterocycles. The highest BCUT2D eigenvalue weighted by molar-refractivity contribution is 5.77. The molecule has 1 amide bonds. The molecule has 0 bridgehead atoms. The van der Waals surface area contributed by atoms with Gasteiger partial charge in [-0.15, -0.1) is 0 Å². The number of hydrogen-bond acceptors (Lipinski definition) is 1. The Morgan fingerprint density at radius 3 is 2.55 bits per heavy atom. The number of nitrogens with zero attached hydrogens (tertiary/aromatic N) is 1. The number of carbonyl (C=O) groups is 1. The van der Waals surface area contributed by atoms with Crippen LogP contribution in [0.3, 0.4) is 0 Å². The van der Waals surface area contributed by atoms with E-state index in [1.54, 1.807) is 0 Å². The topological polar surface area (TPSA) is 20.3 Å². The fourth-order valence-corrected chi connectivity index (χ4v) is 1.88. The molecule has 1 rings (SSSR count). The minimum absolute atomic E-state index is 0.101. The lowest BCUT2D eigenvalue weighted by Crippen LogP contribution is -2.50. The van der Waals surface area contributed by atoms with Crippen LogP contribution in [0.25, 0.3) is 0 Å². The van der Waals surface area contributed by atoms with Crippen LogP contribution < -0.4 is 0 Å². The summed E-state index contributed by atoms with van der Waals surface area (Å²) in [4.78, 5) is 13.3. The first-order valence-electron chi connectivity index (χ1n) is 4.38. The van der Waals surface area contributed by atoms with Crippen molar-refractivity contribution in [3.05, 3.63) is 0 Å². The zero-order valence-electron chi connectivity index (χ0n) is 7.68. The summed E-state index contributed by atoms with van der Waals surface area (Å²) < 4.78 is 0. The highest BCUT2D eigenvalue weighted by Gasteiger charge is 2.32. The molecule has 0 aliphatic carbocycles. The summed E-state index contributed by atoms with van der Waals surface area (Å²) >= 11 is 0. The molecule has 0 aromatic rings. The van der Waals surface area contributed by atoms with Crippen LogP contribution in [-0.2, 0) is 4.79 Å². The van der Waals surface area contributed by atoms with E-state index in [-0.39, 0.29) is 5.54 Å². The van der Waals surface area contributed by atoms with Crippen molar-refractivity contribution in [2.24, 2.45) is 0 Å². The van der Waals surface area contributed by atoms with E-state index >= 15 is 0 Å². The monoisotopic (exact) mass is 155 g/mol. The summed E-state index contributed by atoms with van der Waals surface area (Å²) in [6.07, 6.45) is 2.95. The van der Waals surface area contributed by atoms with Gasteiger partial charge >= 0.3 is 0 Å². The van der Waals surface area contributed by atoms with Crippen molar-refractivity contribution in [3.8, 4) is 0 Å². The Balaban J connectivity index is 2.72. The van der Waals surface area contributed by atoms with Crippen molar-refractivity contribution >= 4 is 5.91 Å². The van der Waals surface area contributed by atoms with Gasteiger partial charge < -0.3 is 4.90 Å². The molecule has 11 heavy (non-hydrogen) atoms. The van der Waals surface area contributed by atoms with Crippen LogP contribution in [0.5, 0.6) is 0 Å². The number of hydrogen-bond donors (Lipinski definition) is 0. The SMILES string of the molecule is CCN1C(=O)CCCC1(C)C. The van der Waals surface area contributed by atoms with Gasteiger partial charge in [-0.1, -0.05) is 0 Å². The van der Waals surface area contributed by atoms with Gasteiger partial charge in [0.05, 0.1) is 0 Å². The fraction of sp³-hybridized carbons (Fsp3) is 0.889. The minimum Gasteiger partial charge on any atom is -0.338 e. The zero-order valence-corrected chi connectivity index (χ0v) is 7.68. The van der Waals surface area contributed by atoms with Gasteiger partial charge in [-0.3, -0.25) is 4.79 Å². The van der Waals surface area contributed by atoms with Crippen molar-refractivity contribution in [3.63, 3.8) is 0 Å². The van der Waals surface area contributed by atoms with Crippen molar-refractivity contribution in [2.45, 2.75) is 45.6 Å². The molecule has 1 saturated heterocycles. The third kappa shape index (κ3) is 1.55. The highest BCUT2D eigenvalue weighted by Crippen LogP contribution is 2.27. The molecule has 0 spiro atoms. The van der Waals surface area contributed by atoms with Crippen molar-refractivity contribution in [2.75, 3.05) is 6.54 Å². The summed E-state index contributed by atoms with van der Waals surface area (Å²) in [5, 5.41) is 0. The Bertz CT molecular complexity index is 163. The van der Waals surface area contributed by atoms with Gasteiger partial charge in [0.25, 0.3) is 0 Å². The van der Waals surface area contributed by atoms with Crippen LogP contribution in [0.4, 0.5) is 0 Å². The molecule has 0 unspecified atom stereocenters. The van der Waals surface area contributed by atoms with Crippen molar-refractivity contribution in [1.29, 1.82) is 0 Å². The van der Waals surface area contributed by atoms with E-state index in [4.69, 9.17) is 0 Å². The third-order valence-electron chi connectivity index (χ3n) is 2.53. The summed E-state index contributed by atoms with van der Waals surface area (Å²) in [5.74, 6) is 0.323. The zero-order chi connectivity index (χ0) is 8.48. The fourth-order valence-electron chi connectivity index (χ4n) is 1.88. The highest BCUT2D eigenvalue weighted by atomic mass is 16.2. The molecule has 0 saturated carbocycles. The van der Waals surface area contributed by atoms with Crippen LogP contribution in [0.15, 0.2) is 0 Å². The lowest BCUT2D eigenvalue weighted by molar-refractivity contribution is -0.139. The van der Waals surface area contributed by atoms with Crippen LogP contribution in [0, 0.1) is 0 Å². The van der Waals surface area contributed by atoms with Gasteiger partial charge in [0.1, 0.15) is 0 Å². The van der Waals surface area contributed by atoms with E-state index in [1.807, 2.05) is 11.8 Å². The first-order valence-corrected chi connectivity index (χ1v) is 4.38. The molecule has 1 fully saturated rings. The second kappa shape index (κ2) is 2.84. The Morgan fingerprint density at radius 2 is 2.18 bits per heavy atom.